The Morgan fingerprint density at radius 3 is 2.44 bits per heavy atom. The van der Waals surface area contributed by atoms with Crippen LogP contribution in [0.15, 0.2) is 42.5 Å². The lowest BCUT2D eigenvalue weighted by atomic mass is 10.1. The zero-order valence-electron chi connectivity index (χ0n) is 9.76. The molecule has 88 valence electrons. The fourth-order valence-corrected chi connectivity index (χ4v) is 2.10. The third kappa shape index (κ3) is 1.93. The van der Waals surface area contributed by atoms with Crippen molar-refractivity contribution in [2.45, 2.75) is 6.92 Å². The fraction of sp³-hybridized carbons (Fsp3) is 0.0714. The van der Waals surface area contributed by atoms with Crippen molar-refractivity contribution < 1.29 is 0 Å². The minimum Gasteiger partial charge on any atom is -0.228 e. The molecule has 0 N–H and O–H groups in total. The minimum atomic E-state index is 0.234. The first-order valence-electron chi connectivity index (χ1n) is 5.60. The molecule has 0 fully saturated rings. The number of hydrogen-bond donors (Lipinski definition) is 0. The van der Waals surface area contributed by atoms with Crippen LogP contribution in [0, 0.1) is 6.92 Å². The number of halogens is 1. The maximum absolute atomic E-state index is 5.86. The molecule has 0 aliphatic heterocycles. The van der Waals surface area contributed by atoms with Crippen LogP contribution < -0.4 is 0 Å². The average molecular weight is 256 g/mol. The maximum Gasteiger partial charge on any atom is 0.224 e. The van der Waals surface area contributed by atoms with E-state index in [2.05, 4.69) is 15.0 Å². The zero-order chi connectivity index (χ0) is 12.5. The topological polar surface area (TPSA) is 38.7 Å². The molecule has 0 radical (unpaired) electrons. The van der Waals surface area contributed by atoms with Gasteiger partial charge < -0.3 is 0 Å². The summed E-state index contributed by atoms with van der Waals surface area (Å²) >= 11 is 5.86. The number of rotatable bonds is 1. The molecule has 4 heteroatoms. The molecule has 1 aromatic carbocycles. The molecule has 2 aromatic heterocycles. The fourth-order valence-electron chi connectivity index (χ4n) is 1.90. The summed E-state index contributed by atoms with van der Waals surface area (Å²) in [5.41, 5.74) is 3.43. The number of aryl methyl sites for hydroxylation is 1. The second-order valence-corrected chi connectivity index (χ2v) is 4.35. The van der Waals surface area contributed by atoms with Gasteiger partial charge in [-0.3, -0.25) is 0 Å². The molecule has 0 saturated carbocycles. The summed E-state index contributed by atoms with van der Waals surface area (Å²) in [6.07, 6.45) is 0. The third-order valence-electron chi connectivity index (χ3n) is 2.79. The van der Waals surface area contributed by atoms with Crippen molar-refractivity contribution in [1.82, 2.24) is 15.0 Å². The monoisotopic (exact) mass is 255 g/mol. The van der Waals surface area contributed by atoms with Crippen LogP contribution >= 0.6 is 11.6 Å². The van der Waals surface area contributed by atoms with Crippen LogP contribution in [0.5, 0.6) is 0 Å². The van der Waals surface area contributed by atoms with Gasteiger partial charge in [-0.2, -0.15) is 4.98 Å². The van der Waals surface area contributed by atoms with Gasteiger partial charge >= 0.3 is 0 Å². The molecule has 3 aromatic rings. The van der Waals surface area contributed by atoms with E-state index in [0.29, 0.717) is 5.65 Å². The second kappa shape index (κ2) is 4.35. The largest absolute Gasteiger partial charge is 0.228 e. The summed E-state index contributed by atoms with van der Waals surface area (Å²) in [5, 5.41) is 1.16. The number of hydrogen-bond acceptors (Lipinski definition) is 3. The van der Waals surface area contributed by atoms with Gasteiger partial charge in [0.25, 0.3) is 0 Å². The summed E-state index contributed by atoms with van der Waals surface area (Å²) in [6.45, 7) is 1.90. The van der Waals surface area contributed by atoms with Gasteiger partial charge in [-0.25, -0.2) is 9.97 Å². The standard InChI is InChI=1S/C14H10ClN3/c1-9-11-7-8-12(10-5-3-2-4-6-10)17-13(11)18-14(15)16-9/h2-8H,1H3. The van der Waals surface area contributed by atoms with E-state index >= 15 is 0 Å². The van der Waals surface area contributed by atoms with E-state index in [9.17, 15) is 0 Å². The lowest BCUT2D eigenvalue weighted by Gasteiger charge is -2.04. The Kier molecular flexibility index (Phi) is 2.68. The molecule has 0 atom stereocenters. The highest BCUT2D eigenvalue weighted by atomic mass is 35.5. The highest BCUT2D eigenvalue weighted by molar-refractivity contribution is 6.28. The van der Waals surface area contributed by atoms with Gasteiger partial charge in [0, 0.05) is 10.9 Å². The molecule has 0 saturated heterocycles. The van der Waals surface area contributed by atoms with E-state index < -0.39 is 0 Å². The molecule has 3 nitrogen and oxygen atoms in total. The first-order valence-corrected chi connectivity index (χ1v) is 5.98. The highest BCUT2D eigenvalue weighted by Crippen LogP contribution is 2.21. The molecule has 0 aliphatic rings. The van der Waals surface area contributed by atoms with Crippen LogP contribution in [0.25, 0.3) is 22.3 Å². The minimum absolute atomic E-state index is 0.234. The van der Waals surface area contributed by atoms with E-state index in [1.807, 2.05) is 49.4 Å². The van der Waals surface area contributed by atoms with E-state index in [4.69, 9.17) is 11.6 Å². The number of pyridine rings is 1. The first-order chi connectivity index (χ1) is 8.74. The maximum atomic E-state index is 5.86. The van der Waals surface area contributed by atoms with Crippen LogP contribution in [0.3, 0.4) is 0 Å². The Labute approximate surface area is 109 Å². The quantitative estimate of drug-likeness (QED) is 0.623. The average Bonchev–Trinajstić information content (AvgIpc) is 2.39. The number of fused-ring (bicyclic) bond motifs is 1. The van der Waals surface area contributed by atoms with Crippen LogP contribution in [0.4, 0.5) is 0 Å². The smallest absolute Gasteiger partial charge is 0.224 e. The Bertz CT molecular complexity index is 711. The van der Waals surface area contributed by atoms with E-state index in [1.165, 1.54) is 0 Å². The molecular formula is C14H10ClN3. The van der Waals surface area contributed by atoms with Gasteiger partial charge in [-0.15, -0.1) is 0 Å². The zero-order valence-corrected chi connectivity index (χ0v) is 10.5. The lowest BCUT2D eigenvalue weighted by molar-refractivity contribution is 1.13. The Hall–Kier alpha value is -2.00. The predicted molar refractivity (Wildman–Crippen MR) is 72.5 cm³/mol. The number of nitrogens with zero attached hydrogens (tertiary/aromatic N) is 3. The van der Waals surface area contributed by atoms with Crippen molar-refractivity contribution >= 4 is 22.6 Å². The Morgan fingerprint density at radius 1 is 0.889 bits per heavy atom. The molecule has 18 heavy (non-hydrogen) atoms. The van der Waals surface area contributed by atoms with Gasteiger partial charge in [0.1, 0.15) is 0 Å². The Balaban J connectivity index is 2.23. The number of aromatic nitrogens is 3. The van der Waals surface area contributed by atoms with Crippen molar-refractivity contribution in [3.8, 4) is 11.3 Å². The normalized spacial score (nSPS) is 10.8. The van der Waals surface area contributed by atoms with Crippen molar-refractivity contribution in [3.63, 3.8) is 0 Å². The summed E-state index contributed by atoms with van der Waals surface area (Å²) in [5.74, 6) is 0. The molecule has 2 heterocycles. The van der Waals surface area contributed by atoms with Crippen molar-refractivity contribution in [2.24, 2.45) is 0 Å². The molecule has 0 amide bonds. The highest BCUT2D eigenvalue weighted by Gasteiger charge is 2.06. The predicted octanol–water partition coefficient (Wildman–Crippen LogP) is 3.65. The molecule has 0 aliphatic carbocycles. The van der Waals surface area contributed by atoms with E-state index in [-0.39, 0.29) is 5.28 Å². The van der Waals surface area contributed by atoms with Crippen LogP contribution in [-0.2, 0) is 0 Å². The molecule has 0 unspecified atom stereocenters. The van der Waals surface area contributed by atoms with Gasteiger partial charge in [0.05, 0.1) is 11.4 Å². The molecule has 3 rings (SSSR count). The van der Waals surface area contributed by atoms with Crippen LogP contribution in [0.1, 0.15) is 5.69 Å². The first kappa shape index (κ1) is 11.1. The van der Waals surface area contributed by atoms with Crippen LogP contribution in [-0.4, -0.2) is 15.0 Å². The van der Waals surface area contributed by atoms with Gasteiger partial charge in [-0.1, -0.05) is 30.3 Å². The van der Waals surface area contributed by atoms with Gasteiger partial charge in [-0.05, 0) is 30.7 Å². The molecule has 0 bridgehead atoms. The second-order valence-electron chi connectivity index (χ2n) is 4.01. The SMILES string of the molecule is Cc1nc(Cl)nc2nc(-c3ccccc3)ccc12. The summed E-state index contributed by atoms with van der Waals surface area (Å²) in [7, 11) is 0. The summed E-state index contributed by atoms with van der Waals surface area (Å²) < 4.78 is 0. The number of benzene rings is 1. The van der Waals surface area contributed by atoms with Crippen molar-refractivity contribution in [3.05, 3.63) is 53.4 Å². The van der Waals surface area contributed by atoms with Gasteiger partial charge in [0.15, 0.2) is 5.65 Å². The summed E-state index contributed by atoms with van der Waals surface area (Å²) in [6, 6.07) is 13.9. The lowest BCUT2D eigenvalue weighted by Crippen LogP contribution is -1.93. The van der Waals surface area contributed by atoms with Crippen molar-refractivity contribution in [2.75, 3.05) is 0 Å². The van der Waals surface area contributed by atoms with E-state index in [0.717, 1.165) is 22.3 Å². The molecular weight excluding hydrogens is 246 g/mol. The van der Waals surface area contributed by atoms with Gasteiger partial charge in [0.2, 0.25) is 5.28 Å². The third-order valence-corrected chi connectivity index (χ3v) is 2.96. The summed E-state index contributed by atoms with van der Waals surface area (Å²) in [4.78, 5) is 12.8. The van der Waals surface area contributed by atoms with Crippen LogP contribution in [0.2, 0.25) is 5.28 Å². The Morgan fingerprint density at radius 2 is 1.67 bits per heavy atom. The molecule has 0 spiro atoms. The van der Waals surface area contributed by atoms with Crippen molar-refractivity contribution in [1.29, 1.82) is 0 Å². The van der Waals surface area contributed by atoms with E-state index in [1.54, 1.807) is 0 Å².